The van der Waals surface area contributed by atoms with Crippen molar-refractivity contribution in [1.29, 1.82) is 0 Å². The zero-order chi connectivity index (χ0) is 17.6. The third-order valence-corrected chi connectivity index (χ3v) is 4.35. The number of aryl methyl sites for hydroxylation is 1. The van der Waals surface area contributed by atoms with Crippen LogP contribution in [0.5, 0.6) is 0 Å². The van der Waals surface area contributed by atoms with Gasteiger partial charge in [-0.15, -0.1) is 12.4 Å². The van der Waals surface area contributed by atoms with Crippen molar-refractivity contribution in [2.45, 2.75) is 25.4 Å². The van der Waals surface area contributed by atoms with E-state index in [1.807, 2.05) is 0 Å². The summed E-state index contributed by atoms with van der Waals surface area (Å²) in [5.74, 6) is -0.947. The number of nitrogens with one attached hydrogen (secondary N) is 3. The van der Waals surface area contributed by atoms with Crippen molar-refractivity contribution in [3.63, 3.8) is 0 Å². The van der Waals surface area contributed by atoms with Gasteiger partial charge in [0.1, 0.15) is 11.4 Å². The summed E-state index contributed by atoms with van der Waals surface area (Å²) in [6, 6.07) is 4.34. The molecule has 140 valence electrons. The summed E-state index contributed by atoms with van der Waals surface area (Å²) in [7, 11) is 1.54. The van der Waals surface area contributed by atoms with Crippen molar-refractivity contribution in [3.8, 4) is 0 Å². The molecular formula is C17H25ClFN3O3. The third-order valence-electron chi connectivity index (χ3n) is 4.35. The molecule has 0 aromatic heterocycles. The number of methoxy groups -OCH3 is 1. The molecule has 1 aromatic rings. The van der Waals surface area contributed by atoms with Crippen LogP contribution in [0.1, 0.15) is 28.8 Å². The molecular weight excluding hydrogens is 349 g/mol. The lowest BCUT2D eigenvalue weighted by atomic mass is 9.91. The number of rotatable bonds is 6. The Kier molecular flexibility index (Phi) is 8.28. The number of ether oxygens (including phenoxy) is 1. The SMILES string of the molecule is COC1(C(=O)NCCNC(=O)c2ccc(C)c(F)c2)CCNCC1.Cl. The van der Waals surface area contributed by atoms with E-state index in [1.165, 1.54) is 6.07 Å². The van der Waals surface area contributed by atoms with Crippen LogP contribution in [0.3, 0.4) is 0 Å². The molecule has 0 bridgehead atoms. The highest BCUT2D eigenvalue weighted by Crippen LogP contribution is 2.22. The molecule has 6 nitrogen and oxygen atoms in total. The van der Waals surface area contributed by atoms with Gasteiger partial charge in [-0.25, -0.2) is 4.39 Å². The van der Waals surface area contributed by atoms with Crippen molar-refractivity contribution in [2.24, 2.45) is 0 Å². The average molecular weight is 374 g/mol. The molecule has 0 unspecified atom stereocenters. The van der Waals surface area contributed by atoms with Crippen LogP contribution in [0.4, 0.5) is 4.39 Å². The molecule has 1 heterocycles. The van der Waals surface area contributed by atoms with Crippen molar-refractivity contribution in [2.75, 3.05) is 33.3 Å². The van der Waals surface area contributed by atoms with Gasteiger partial charge in [0.2, 0.25) is 0 Å². The van der Waals surface area contributed by atoms with E-state index in [-0.39, 0.29) is 42.9 Å². The maximum Gasteiger partial charge on any atom is 0.252 e. The first-order valence-corrected chi connectivity index (χ1v) is 8.07. The van der Waals surface area contributed by atoms with Gasteiger partial charge < -0.3 is 20.7 Å². The van der Waals surface area contributed by atoms with Crippen LogP contribution < -0.4 is 16.0 Å². The molecule has 1 saturated heterocycles. The normalized spacial score (nSPS) is 15.8. The molecule has 1 aliphatic heterocycles. The molecule has 1 aromatic carbocycles. The second-order valence-electron chi connectivity index (χ2n) is 5.92. The van der Waals surface area contributed by atoms with Gasteiger partial charge in [-0.05, 0) is 50.6 Å². The zero-order valence-corrected chi connectivity index (χ0v) is 15.3. The highest BCUT2D eigenvalue weighted by Gasteiger charge is 2.39. The molecule has 0 aliphatic carbocycles. The largest absolute Gasteiger partial charge is 0.368 e. The van der Waals surface area contributed by atoms with E-state index in [1.54, 1.807) is 26.2 Å². The fourth-order valence-corrected chi connectivity index (χ4v) is 2.70. The van der Waals surface area contributed by atoms with Gasteiger partial charge in [-0.1, -0.05) is 6.07 Å². The Bertz CT molecular complexity index is 607. The van der Waals surface area contributed by atoms with E-state index >= 15 is 0 Å². The first-order valence-electron chi connectivity index (χ1n) is 8.07. The van der Waals surface area contributed by atoms with Crippen molar-refractivity contribution in [1.82, 2.24) is 16.0 Å². The minimum Gasteiger partial charge on any atom is -0.368 e. The monoisotopic (exact) mass is 373 g/mol. The lowest BCUT2D eigenvalue weighted by Gasteiger charge is -2.34. The van der Waals surface area contributed by atoms with E-state index in [0.717, 1.165) is 13.1 Å². The Morgan fingerprint density at radius 2 is 1.88 bits per heavy atom. The third kappa shape index (κ3) is 5.39. The van der Waals surface area contributed by atoms with Gasteiger partial charge in [-0.2, -0.15) is 0 Å². The lowest BCUT2D eigenvalue weighted by Crippen LogP contribution is -2.54. The van der Waals surface area contributed by atoms with E-state index in [0.29, 0.717) is 18.4 Å². The molecule has 8 heteroatoms. The van der Waals surface area contributed by atoms with Gasteiger partial charge in [-0.3, -0.25) is 9.59 Å². The molecule has 1 fully saturated rings. The fraction of sp³-hybridized carbons (Fsp3) is 0.529. The summed E-state index contributed by atoms with van der Waals surface area (Å²) < 4.78 is 18.9. The van der Waals surface area contributed by atoms with Gasteiger partial charge >= 0.3 is 0 Å². The highest BCUT2D eigenvalue weighted by molar-refractivity contribution is 5.94. The fourth-order valence-electron chi connectivity index (χ4n) is 2.70. The van der Waals surface area contributed by atoms with Crippen LogP contribution in [0, 0.1) is 12.7 Å². The average Bonchev–Trinajstić information content (AvgIpc) is 2.61. The number of hydrogen-bond donors (Lipinski definition) is 3. The van der Waals surface area contributed by atoms with E-state index in [9.17, 15) is 14.0 Å². The summed E-state index contributed by atoms with van der Waals surface area (Å²) in [5, 5.41) is 8.64. The Morgan fingerprint density at radius 3 is 2.48 bits per heavy atom. The highest BCUT2D eigenvalue weighted by atomic mass is 35.5. The standard InChI is InChI=1S/C17H24FN3O3.ClH/c1-12-3-4-13(11-14(12)18)15(22)20-9-10-21-16(23)17(24-2)5-7-19-8-6-17;/h3-4,11,19H,5-10H2,1-2H3,(H,20,22)(H,21,23);1H. The number of hydrogen-bond acceptors (Lipinski definition) is 4. The van der Waals surface area contributed by atoms with E-state index in [2.05, 4.69) is 16.0 Å². The molecule has 2 rings (SSSR count). The number of halogens is 2. The summed E-state index contributed by atoms with van der Waals surface area (Å²) >= 11 is 0. The summed E-state index contributed by atoms with van der Waals surface area (Å²) in [6.45, 7) is 3.66. The first-order chi connectivity index (χ1) is 11.5. The second kappa shape index (κ2) is 9.70. The molecule has 3 N–H and O–H groups in total. The van der Waals surface area contributed by atoms with Crippen LogP contribution in [0.25, 0.3) is 0 Å². The van der Waals surface area contributed by atoms with E-state index in [4.69, 9.17) is 4.74 Å². The quantitative estimate of drug-likeness (QED) is 0.654. The van der Waals surface area contributed by atoms with Crippen molar-refractivity contribution in [3.05, 3.63) is 35.1 Å². The van der Waals surface area contributed by atoms with Crippen LogP contribution in [-0.4, -0.2) is 50.7 Å². The maximum atomic E-state index is 13.5. The van der Waals surface area contributed by atoms with Gasteiger partial charge in [0.15, 0.2) is 0 Å². The molecule has 0 radical (unpaired) electrons. The number of carbonyl (C=O) groups excluding carboxylic acids is 2. The first kappa shape index (κ1) is 21.3. The van der Waals surface area contributed by atoms with Gasteiger partial charge in [0.05, 0.1) is 0 Å². The topological polar surface area (TPSA) is 79.5 Å². The molecule has 0 atom stereocenters. The minimum atomic E-state index is -0.796. The van der Waals surface area contributed by atoms with Crippen molar-refractivity contribution < 1.29 is 18.7 Å². The molecule has 0 saturated carbocycles. The predicted octanol–water partition coefficient (Wildman–Crippen LogP) is 1.17. The Hall–Kier alpha value is -1.70. The summed E-state index contributed by atoms with van der Waals surface area (Å²) in [5.41, 5.74) is -0.0446. The van der Waals surface area contributed by atoms with Crippen LogP contribution in [-0.2, 0) is 9.53 Å². The summed E-state index contributed by atoms with van der Waals surface area (Å²) in [4.78, 5) is 24.3. The molecule has 1 aliphatic rings. The smallest absolute Gasteiger partial charge is 0.252 e. The molecule has 25 heavy (non-hydrogen) atoms. The van der Waals surface area contributed by atoms with E-state index < -0.39 is 11.4 Å². The van der Waals surface area contributed by atoms with Gasteiger partial charge in [0.25, 0.3) is 11.8 Å². The molecule has 2 amide bonds. The molecule has 0 spiro atoms. The lowest BCUT2D eigenvalue weighted by molar-refractivity contribution is -0.146. The predicted molar refractivity (Wildman–Crippen MR) is 95.6 cm³/mol. The van der Waals surface area contributed by atoms with Crippen LogP contribution in [0.15, 0.2) is 18.2 Å². The number of piperidine rings is 1. The van der Waals surface area contributed by atoms with Crippen LogP contribution in [0.2, 0.25) is 0 Å². The Labute approximate surface area is 153 Å². The summed E-state index contributed by atoms with van der Waals surface area (Å²) in [6.07, 6.45) is 1.23. The second-order valence-corrected chi connectivity index (χ2v) is 5.92. The van der Waals surface area contributed by atoms with Crippen LogP contribution >= 0.6 is 12.4 Å². The minimum absolute atomic E-state index is 0. The van der Waals surface area contributed by atoms with Gasteiger partial charge in [0, 0.05) is 25.8 Å². The number of carbonyl (C=O) groups is 2. The number of amides is 2. The number of benzene rings is 1. The maximum absolute atomic E-state index is 13.5. The zero-order valence-electron chi connectivity index (χ0n) is 14.5. The Balaban J connectivity index is 0.00000312. The van der Waals surface area contributed by atoms with Crippen molar-refractivity contribution >= 4 is 24.2 Å². The Morgan fingerprint density at radius 1 is 1.24 bits per heavy atom.